The van der Waals surface area contributed by atoms with Crippen molar-refractivity contribution >= 4 is 5.91 Å². The molecule has 1 saturated heterocycles. The van der Waals surface area contributed by atoms with Crippen LogP contribution >= 0.6 is 0 Å². The lowest BCUT2D eigenvalue weighted by atomic mass is 9.58. The second-order valence-electron chi connectivity index (χ2n) is 11.4. The van der Waals surface area contributed by atoms with Crippen molar-refractivity contribution in [3.05, 3.63) is 65.7 Å². The SMILES string of the molecule is O=C(CCCCCc1ccccc1)N[C@H]1CC[C@@H]2CN(CC3CC3)CC[C@@]2(c2cccc(O)c2)C1. The van der Waals surface area contributed by atoms with Gasteiger partial charge in [0.2, 0.25) is 5.91 Å². The Balaban J connectivity index is 1.15. The van der Waals surface area contributed by atoms with Crippen LogP contribution < -0.4 is 5.32 Å². The number of phenolic OH excluding ortho intramolecular Hbond substituents is 1. The Morgan fingerprint density at radius 1 is 1.00 bits per heavy atom. The van der Waals surface area contributed by atoms with Gasteiger partial charge in [0.05, 0.1) is 0 Å². The number of fused-ring (bicyclic) bond motifs is 1. The first kappa shape index (κ1) is 24.4. The maximum absolute atomic E-state index is 12.8. The number of piperidine rings is 1. The smallest absolute Gasteiger partial charge is 0.220 e. The van der Waals surface area contributed by atoms with Crippen molar-refractivity contribution in [1.29, 1.82) is 0 Å². The lowest BCUT2D eigenvalue weighted by Gasteiger charge is -2.53. The Morgan fingerprint density at radius 2 is 1.86 bits per heavy atom. The summed E-state index contributed by atoms with van der Waals surface area (Å²) in [6.45, 7) is 3.55. The molecular weight excluding hydrogens is 432 g/mol. The average Bonchev–Trinajstić information content (AvgIpc) is 3.68. The van der Waals surface area contributed by atoms with Gasteiger partial charge in [0.15, 0.2) is 0 Å². The third-order valence-electron chi connectivity index (χ3n) is 8.82. The monoisotopic (exact) mass is 474 g/mol. The van der Waals surface area contributed by atoms with Crippen LogP contribution in [0.3, 0.4) is 0 Å². The van der Waals surface area contributed by atoms with E-state index in [1.165, 1.54) is 30.5 Å². The summed E-state index contributed by atoms with van der Waals surface area (Å²) in [5, 5.41) is 13.7. The summed E-state index contributed by atoms with van der Waals surface area (Å²) < 4.78 is 0. The third kappa shape index (κ3) is 6.27. The maximum atomic E-state index is 12.8. The number of hydrogen-bond acceptors (Lipinski definition) is 3. The Bertz CT molecular complexity index is 973. The first-order valence-electron chi connectivity index (χ1n) is 14.0. The second kappa shape index (κ2) is 11.2. The van der Waals surface area contributed by atoms with Crippen LogP contribution in [0.1, 0.15) is 75.3 Å². The first-order chi connectivity index (χ1) is 17.1. The molecule has 0 aromatic heterocycles. The van der Waals surface area contributed by atoms with Crippen molar-refractivity contribution in [1.82, 2.24) is 10.2 Å². The number of unbranched alkanes of at least 4 members (excludes halogenated alkanes) is 2. The van der Waals surface area contributed by atoms with E-state index >= 15 is 0 Å². The molecule has 0 unspecified atom stereocenters. The number of likely N-dealkylation sites (tertiary alicyclic amines) is 1. The third-order valence-corrected chi connectivity index (χ3v) is 8.82. The minimum Gasteiger partial charge on any atom is -0.508 e. The summed E-state index contributed by atoms with van der Waals surface area (Å²) >= 11 is 0. The van der Waals surface area contributed by atoms with Crippen LogP contribution in [0.2, 0.25) is 0 Å². The summed E-state index contributed by atoms with van der Waals surface area (Å²) in [5.74, 6) is 2.10. The highest BCUT2D eigenvalue weighted by molar-refractivity contribution is 5.76. The number of aryl methyl sites for hydroxylation is 1. The molecule has 2 N–H and O–H groups in total. The van der Waals surface area contributed by atoms with Crippen molar-refractivity contribution in [2.24, 2.45) is 11.8 Å². The summed E-state index contributed by atoms with van der Waals surface area (Å²) in [6.07, 6.45) is 12.1. The number of benzene rings is 2. The normalized spacial score (nSPS) is 26.7. The minimum absolute atomic E-state index is 0.0602. The van der Waals surface area contributed by atoms with Gasteiger partial charge in [-0.2, -0.15) is 0 Å². The topological polar surface area (TPSA) is 52.6 Å². The zero-order valence-corrected chi connectivity index (χ0v) is 21.1. The number of carbonyl (C=O) groups excluding carboxylic acids is 1. The highest BCUT2D eigenvalue weighted by Gasteiger charge is 2.48. The van der Waals surface area contributed by atoms with Gasteiger partial charge in [0.25, 0.3) is 0 Å². The molecule has 2 aliphatic carbocycles. The molecule has 4 heteroatoms. The number of aromatic hydroxyl groups is 1. The zero-order valence-electron chi connectivity index (χ0n) is 21.1. The number of rotatable bonds is 10. The van der Waals surface area contributed by atoms with Gasteiger partial charge in [-0.3, -0.25) is 4.79 Å². The molecular formula is C31H42N2O2. The van der Waals surface area contributed by atoms with Crippen LogP contribution in [0.15, 0.2) is 54.6 Å². The summed E-state index contributed by atoms with van der Waals surface area (Å²) in [6, 6.07) is 18.8. The van der Waals surface area contributed by atoms with E-state index in [1.54, 1.807) is 6.07 Å². The highest BCUT2D eigenvalue weighted by atomic mass is 16.3. The summed E-state index contributed by atoms with van der Waals surface area (Å²) in [4.78, 5) is 15.5. The van der Waals surface area contributed by atoms with Gasteiger partial charge in [0, 0.05) is 31.0 Å². The van der Waals surface area contributed by atoms with Crippen molar-refractivity contribution in [2.75, 3.05) is 19.6 Å². The Kier molecular flexibility index (Phi) is 7.77. The molecule has 1 heterocycles. The fraction of sp³-hybridized carbons (Fsp3) is 0.581. The van der Waals surface area contributed by atoms with Gasteiger partial charge in [-0.05, 0) is 99.4 Å². The molecule has 3 atom stereocenters. The quantitative estimate of drug-likeness (QED) is 0.426. The van der Waals surface area contributed by atoms with Crippen molar-refractivity contribution in [3.63, 3.8) is 0 Å². The molecule has 4 nitrogen and oxygen atoms in total. The van der Waals surface area contributed by atoms with Crippen LogP contribution in [-0.2, 0) is 16.6 Å². The predicted octanol–water partition coefficient (Wildman–Crippen LogP) is 5.83. The molecule has 2 aromatic carbocycles. The van der Waals surface area contributed by atoms with E-state index in [1.807, 2.05) is 12.1 Å². The molecule has 1 aliphatic heterocycles. The Morgan fingerprint density at radius 3 is 2.66 bits per heavy atom. The summed E-state index contributed by atoms with van der Waals surface area (Å²) in [7, 11) is 0. The minimum atomic E-state index is 0.0602. The molecule has 1 amide bonds. The van der Waals surface area contributed by atoms with Gasteiger partial charge in [-0.1, -0.05) is 48.9 Å². The molecule has 3 aliphatic rings. The molecule has 3 fully saturated rings. The molecule has 0 bridgehead atoms. The largest absolute Gasteiger partial charge is 0.508 e. The second-order valence-corrected chi connectivity index (χ2v) is 11.4. The van der Waals surface area contributed by atoms with Crippen LogP contribution in [0.25, 0.3) is 0 Å². The van der Waals surface area contributed by atoms with Gasteiger partial charge >= 0.3 is 0 Å². The van der Waals surface area contributed by atoms with Crippen LogP contribution in [-0.4, -0.2) is 41.6 Å². The fourth-order valence-corrected chi connectivity index (χ4v) is 6.72. The lowest BCUT2D eigenvalue weighted by molar-refractivity contribution is -0.122. The van der Waals surface area contributed by atoms with Gasteiger partial charge in [-0.25, -0.2) is 0 Å². The van der Waals surface area contributed by atoms with E-state index in [-0.39, 0.29) is 17.4 Å². The summed E-state index contributed by atoms with van der Waals surface area (Å²) in [5.41, 5.74) is 2.72. The van der Waals surface area contributed by atoms with Crippen LogP contribution in [0.5, 0.6) is 5.75 Å². The average molecular weight is 475 g/mol. The van der Waals surface area contributed by atoms with Crippen LogP contribution in [0.4, 0.5) is 0 Å². The number of nitrogens with zero attached hydrogens (tertiary/aromatic N) is 1. The van der Waals surface area contributed by atoms with Crippen molar-refractivity contribution in [2.45, 2.75) is 82.1 Å². The van der Waals surface area contributed by atoms with Gasteiger partial charge in [0.1, 0.15) is 5.75 Å². The lowest BCUT2D eigenvalue weighted by Crippen LogP contribution is -2.56. The number of carbonyl (C=O) groups is 1. The number of amides is 1. The van der Waals surface area contributed by atoms with E-state index in [9.17, 15) is 9.90 Å². The maximum Gasteiger partial charge on any atom is 0.220 e. The molecule has 2 aromatic rings. The van der Waals surface area contributed by atoms with E-state index in [4.69, 9.17) is 0 Å². The predicted molar refractivity (Wildman–Crippen MR) is 141 cm³/mol. The molecule has 0 radical (unpaired) electrons. The molecule has 2 saturated carbocycles. The van der Waals surface area contributed by atoms with Gasteiger partial charge < -0.3 is 15.3 Å². The zero-order chi connectivity index (χ0) is 24.1. The molecule has 188 valence electrons. The van der Waals surface area contributed by atoms with Crippen molar-refractivity contribution in [3.8, 4) is 5.75 Å². The van der Waals surface area contributed by atoms with E-state index in [2.05, 4.69) is 46.6 Å². The number of hydrogen-bond donors (Lipinski definition) is 2. The first-order valence-corrected chi connectivity index (χ1v) is 14.0. The number of nitrogens with one attached hydrogen (secondary N) is 1. The molecule has 0 spiro atoms. The fourth-order valence-electron chi connectivity index (χ4n) is 6.72. The standard InChI is InChI=1S/C31H42N2O2/c34-29-12-7-11-26(20-29)31-18-19-33(22-25-14-15-25)23-27(31)16-17-28(21-31)32-30(35)13-6-2-5-10-24-8-3-1-4-9-24/h1,3-4,7-9,11-12,20,25,27-28,34H,2,5-6,10,13-19,21-23H2,(H,32,35)/t27-,28+,31+/m1/s1. The van der Waals surface area contributed by atoms with E-state index in [0.717, 1.165) is 70.4 Å². The highest BCUT2D eigenvalue weighted by Crippen LogP contribution is 2.50. The van der Waals surface area contributed by atoms with E-state index in [0.29, 0.717) is 18.1 Å². The molecule has 35 heavy (non-hydrogen) atoms. The number of phenols is 1. The van der Waals surface area contributed by atoms with Crippen LogP contribution in [0, 0.1) is 11.8 Å². The van der Waals surface area contributed by atoms with Gasteiger partial charge in [-0.15, -0.1) is 0 Å². The molecule has 5 rings (SSSR count). The Labute approximate surface area is 211 Å². The van der Waals surface area contributed by atoms with Crippen molar-refractivity contribution < 1.29 is 9.90 Å². The Hall–Kier alpha value is -2.33. The van der Waals surface area contributed by atoms with E-state index < -0.39 is 0 Å².